The molecule has 0 aliphatic rings. The van der Waals surface area contributed by atoms with Gasteiger partial charge in [-0.3, -0.25) is 19.9 Å². The molecule has 8 heterocycles. The fourth-order valence-electron chi connectivity index (χ4n) is 17.8. The highest BCUT2D eigenvalue weighted by atomic mass is 15.0. The predicted molar refractivity (Wildman–Crippen MR) is 435 cm³/mol. The van der Waals surface area contributed by atoms with Crippen LogP contribution in [-0.2, 0) is 0 Å². The van der Waals surface area contributed by atoms with Crippen LogP contribution < -0.4 is 0 Å². The summed E-state index contributed by atoms with van der Waals surface area (Å²) in [5.41, 5.74) is 22.5. The molecule has 480 valence electrons. The molecule has 8 heteroatoms. The van der Waals surface area contributed by atoms with Crippen LogP contribution in [0.5, 0.6) is 0 Å². The molecule has 0 aliphatic heterocycles. The smallest absolute Gasteiger partial charge is 0.0969 e. The lowest BCUT2D eigenvalue weighted by atomic mass is 9.91. The van der Waals surface area contributed by atoms with Gasteiger partial charge >= 0.3 is 0 Å². The van der Waals surface area contributed by atoms with Crippen LogP contribution in [0.3, 0.4) is 0 Å². The molecule has 0 saturated heterocycles. The maximum absolute atomic E-state index is 5.02. The molecule has 24 aromatic rings. The lowest BCUT2D eigenvalue weighted by molar-refractivity contribution is 1.18. The van der Waals surface area contributed by atoms with Gasteiger partial charge in [-0.25, -0.2) is 0 Å². The number of fused-ring (bicyclic) bond motifs is 18. The average molecular weight is 1320 g/mol. The van der Waals surface area contributed by atoms with Gasteiger partial charge in [0.25, 0.3) is 0 Å². The van der Waals surface area contributed by atoms with E-state index in [4.69, 9.17) is 19.9 Å². The van der Waals surface area contributed by atoms with Gasteiger partial charge in [0.1, 0.15) is 0 Å². The molecule has 0 bridgehead atoms. The van der Waals surface area contributed by atoms with Gasteiger partial charge in [0.05, 0.1) is 66.2 Å². The van der Waals surface area contributed by atoms with Crippen molar-refractivity contribution in [1.29, 1.82) is 0 Å². The minimum absolute atomic E-state index is 1.01. The molecule has 0 spiro atoms. The summed E-state index contributed by atoms with van der Waals surface area (Å²) >= 11 is 0. The van der Waals surface area contributed by atoms with Crippen LogP contribution in [0.25, 0.3) is 219 Å². The van der Waals surface area contributed by atoms with Crippen LogP contribution in [0, 0.1) is 0 Å². The molecule has 0 saturated carbocycles. The van der Waals surface area contributed by atoms with Crippen LogP contribution in [0.2, 0.25) is 0 Å². The summed E-state index contributed by atoms with van der Waals surface area (Å²) in [4.78, 5) is 20.1. The van der Waals surface area contributed by atoms with Gasteiger partial charge < -0.3 is 18.3 Å². The number of nitrogens with zero attached hydrogens (tertiary/aromatic N) is 8. The first-order chi connectivity index (χ1) is 51.6. The highest BCUT2D eigenvalue weighted by molar-refractivity contribution is 6.39. The van der Waals surface area contributed by atoms with E-state index in [-0.39, 0.29) is 0 Å². The SMILES string of the molecule is c1ccc(-c2ccc(-n3c4cccnc4c4c5ccc6cc7c(c8ccc(cc43)c5c68)c3ncccc3n7-c3ccc(-c4ccccc4)cc3)cc2)cc1.c1ccc2cc(-n3c4cccnc4c4c5ccc6cc7c(c8ccc(cc43)c5c68)c3ncccc3n7-c3ccc4ccccc4c3)ccc2c1. The van der Waals surface area contributed by atoms with E-state index in [0.717, 1.165) is 77.9 Å². The number of aromatic nitrogens is 8. The van der Waals surface area contributed by atoms with E-state index in [1.807, 2.05) is 49.1 Å². The van der Waals surface area contributed by atoms with E-state index < -0.39 is 0 Å². The Kier molecular flexibility index (Phi) is 11.9. The molecular weight excluding hydrogens is 1270 g/mol. The minimum atomic E-state index is 1.01. The van der Waals surface area contributed by atoms with Gasteiger partial charge in [0.2, 0.25) is 0 Å². The Balaban J connectivity index is 0.000000128. The fraction of sp³-hybridized carbons (Fsp3) is 0. The van der Waals surface area contributed by atoms with Crippen molar-refractivity contribution < 1.29 is 0 Å². The van der Waals surface area contributed by atoms with E-state index in [2.05, 4.69) is 309 Å². The summed E-state index contributed by atoms with van der Waals surface area (Å²) in [5.74, 6) is 0. The number of rotatable bonds is 6. The topological polar surface area (TPSA) is 71.3 Å². The molecule has 0 N–H and O–H groups in total. The van der Waals surface area contributed by atoms with Crippen molar-refractivity contribution in [2.45, 2.75) is 0 Å². The standard InChI is InChI=1S/C50H30N4.C46H26N4/c1-3-9-31(10-4-1)33-15-21-37(22-16-33)53-41-13-7-27-51-49(41)47-39-25-20-36-30-44-48(40-26-19-35(29-43(47)53)45(39)46(36)40)50-42(14-8-28-52-50)54(44)38-23-17-34(18-24-38)32-11-5-2-6-12-32;1-3-9-29-23-33(17-13-27(29)7-1)49-37-11-5-21-47-45(37)43-35-19-16-32-26-40-44(36-20-15-31(25-39(43)49)41(35)42(32)36)46-38(12-6-22-48-46)50(40)34-18-14-28-8-2-4-10-30(28)24-34/h1-30H;1-26H. The molecule has 0 amide bonds. The fourth-order valence-corrected chi connectivity index (χ4v) is 17.8. The Labute approximate surface area is 593 Å². The van der Waals surface area contributed by atoms with Gasteiger partial charge in [-0.2, -0.15) is 0 Å². The molecule has 24 rings (SSSR count). The van der Waals surface area contributed by atoms with Gasteiger partial charge in [0, 0.05) is 69.1 Å². The first-order valence-electron chi connectivity index (χ1n) is 35.5. The molecule has 8 nitrogen and oxygen atoms in total. The van der Waals surface area contributed by atoms with Crippen LogP contribution in [0.4, 0.5) is 0 Å². The van der Waals surface area contributed by atoms with Gasteiger partial charge in [-0.1, -0.05) is 194 Å². The maximum Gasteiger partial charge on any atom is 0.0969 e. The van der Waals surface area contributed by atoms with Crippen molar-refractivity contribution in [3.05, 3.63) is 340 Å². The van der Waals surface area contributed by atoms with Gasteiger partial charge in [-0.05, 0) is 230 Å². The Hall–Kier alpha value is -14.1. The molecule has 0 fully saturated rings. The summed E-state index contributed by atoms with van der Waals surface area (Å²) in [7, 11) is 0. The highest BCUT2D eigenvalue weighted by Gasteiger charge is 2.26. The van der Waals surface area contributed by atoms with Crippen molar-refractivity contribution in [3.8, 4) is 45.0 Å². The van der Waals surface area contributed by atoms with Gasteiger partial charge in [-0.15, -0.1) is 0 Å². The zero-order chi connectivity index (χ0) is 67.8. The largest absolute Gasteiger partial charge is 0.308 e. The van der Waals surface area contributed by atoms with Crippen LogP contribution in [-0.4, -0.2) is 38.2 Å². The first kappa shape index (κ1) is 56.8. The normalized spacial score (nSPS) is 12.2. The predicted octanol–water partition coefficient (Wildman–Crippen LogP) is 24.8. The second-order valence-corrected chi connectivity index (χ2v) is 27.6. The number of benzene rings is 16. The Morgan fingerprint density at radius 1 is 0.163 bits per heavy atom. The molecule has 0 aliphatic carbocycles. The maximum atomic E-state index is 5.02. The molecule has 0 unspecified atom stereocenters. The zero-order valence-electron chi connectivity index (χ0n) is 55.9. The van der Waals surface area contributed by atoms with E-state index >= 15 is 0 Å². The number of hydrogen-bond acceptors (Lipinski definition) is 4. The lowest BCUT2D eigenvalue weighted by Gasteiger charge is -2.15. The summed E-state index contributed by atoms with van der Waals surface area (Å²) in [6.45, 7) is 0. The van der Waals surface area contributed by atoms with Crippen LogP contribution in [0.1, 0.15) is 0 Å². The van der Waals surface area contributed by atoms with Crippen molar-refractivity contribution in [2.24, 2.45) is 0 Å². The highest BCUT2D eigenvalue weighted by Crippen LogP contribution is 2.49. The molecule has 8 aromatic heterocycles. The first-order valence-corrected chi connectivity index (χ1v) is 35.5. The second kappa shape index (κ2) is 21.7. The van der Waals surface area contributed by atoms with Gasteiger partial charge in [0.15, 0.2) is 0 Å². The monoisotopic (exact) mass is 1320 g/mol. The summed E-state index contributed by atoms with van der Waals surface area (Å²) in [6, 6.07) is 114. The van der Waals surface area contributed by atoms with E-state index in [0.29, 0.717) is 0 Å². The lowest BCUT2D eigenvalue weighted by Crippen LogP contribution is -1.95. The summed E-state index contributed by atoms with van der Waals surface area (Å²) < 4.78 is 9.52. The molecular formula is C96H56N8. The Bertz CT molecular complexity index is 7240. The quantitative estimate of drug-likeness (QED) is 0.156. The molecule has 0 radical (unpaired) electrons. The van der Waals surface area contributed by atoms with Crippen LogP contribution in [0.15, 0.2) is 340 Å². The Morgan fingerprint density at radius 3 is 0.740 bits per heavy atom. The van der Waals surface area contributed by atoms with Crippen molar-refractivity contribution in [1.82, 2.24) is 38.2 Å². The summed E-state index contributed by atoms with van der Waals surface area (Å²) in [6.07, 6.45) is 7.67. The third-order valence-electron chi connectivity index (χ3n) is 22.2. The van der Waals surface area contributed by atoms with Crippen molar-refractivity contribution in [2.75, 3.05) is 0 Å². The van der Waals surface area contributed by atoms with E-state index in [1.54, 1.807) is 0 Å². The van der Waals surface area contributed by atoms with E-state index in [9.17, 15) is 0 Å². The van der Waals surface area contributed by atoms with Crippen molar-refractivity contribution >= 4 is 174 Å². The Morgan fingerprint density at radius 2 is 0.423 bits per heavy atom. The number of hydrogen-bond donors (Lipinski definition) is 0. The van der Waals surface area contributed by atoms with E-state index in [1.165, 1.54) is 141 Å². The molecule has 16 aromatic carbocycles. The molecule has 0 atom stereocenters. The third kappa shape index (κ3) is 8.13. The minimum Gasteiger partial charge on any atom is -0.308 e. The second-order valence-electron chi connectivity index (χ2n) is 27.6. The van der Waals surface area contributed by atoms with Crippen molar-refractivity contribution in [3.63, 3.8) is 0 Å². The molecule has 104 heavy (non-hydrogen) atoms. The third-order valence-corrected chi connectivity index (χ3v) is 22.2. The average Bonchev–Trinajstić information content (AvgIpc) is 1.48. The van der Waals surface area contributed by atoms with Crippen LogP contribution >= 0.6 is 0 Å². The number of pyridine rings is 4. The zero-order valence-corrected chi connectivity index (χ0v) is 55.9. The summed E-state index contributed by atoms with van der Waals surface area (Å²) in [5, 5.41) is 24.5.